The van der Waals surface area contributed by atoms with Crippen LogP contribution in [0.1, 0.15) is 39.2 Å². The first-order valence-electron chi connectivity index (χ1n) is 8.92. The van der Waals surface area contributed by atoms with Gasteiger partial charge in [0, 0.05) is 23.8 Å². The summed E-state index contributed by atoms with van der Waals surface area (Å²) in [6, 6.07) is 7.38. The molecular weight excluding hydrogens is 332 g/mol. The standard InChI is InChI=1S/C20H26N2O4/c1-20(2,3)22(19(24)17-6-5-9-26-17)12-14-10-13-7-8-15(25-4)11-16(13)21-18(14)23/h7-8,10-11,17H,5-6,9,12H2,1-4H3,(H,21,23). The number of aromatic amines is 1. The van der Waals surface area contributed by atoms with E-state index in [1.807, 2.05) is 39.0 Å². The smallest absolute Gasteiger partial charge is 0.253 e. The summed E-state index contributed by atoms with van der Waals surface area (Å²) in [5.41, 5.74) is 0.666. The van der Waals surface area contributed by atoms with Gasteiger partial charge >= 0.3 is 0 Å². The van der Waals surface area contributed by atoms with Crippen molar-refractivity contribution in [2.45, 2.75) is 51.8 Å². The molecule has 1 amide bonds. The summed E-state index contributed by atoms with van der Waals surface area (Å²) in [6.07, 6.45) is 1.23. The quantitative estimate of drug-likeness (QED) is 0.912. The molecule has 140 valence electrons. The van der Waals surface area contributed by atoms with Crippen molar-refractivity contribution in [3.63, 3.8) is 0 Å². The molecule has 1 saturated heterocycles. The number of ether oxygens (including phenoxy) is 2. The molecule has 3 rings (SSSR count). The van der Waals surface area contributed by atoms with Gasteiger partial charge in [0.15, 0.2) is 0 Å². The van der Waals surface area contributed by atoms with Gasteiger partial charge in [0.05, 0.1) is 19.2 Å². The molecule has 2 aromatic rings. The van der Waals surface area contributed by atoms with E-state index < -0.39 is 11.6 Å². The Kier molecular flexibility index (Phi) is 5.05. The fourth-order valence-electron chi connectivity index (χ4n) is 3.23. The molecule has 1 unspecified atom stereocenters. The predicted molar refractivity (Wildman–Crippen MR) is 100 cm³/mol. The summed E-state index contributed by atoms with van der Waals surface area (Å²) in [5.74, 6) is 0.634. The van der Waals surface area contributed by atoms with Crippen molar-refractivity contribution in [3.8, 4) is 5.75 Å². The lowest BCUT2D eigenvalue weighted by molar-refractivity contribution is -0.146. The highest BCUT2D eigenvalue weighted by Crippen LogP contribution is 2.24. The maximum absolute atomic E-state index is 12.9. The molecule has 0 saturated carbocycles. The first kappa shape index (κ1) is 18.5. The molecule has 0 radical (unpaired) electrons. The van der Waals surface area contributed by atoms with Gasteiger partial charge in [0.25, 0.3) is 11.5 Å². The van der Waals surface area contributed by atoms with Crippen LogP contribution in [0, 0.1) is 0 Å². The Balaban J connectivity index is 1.94. The number of carbonyl (C=O) groups is 1. The third-order valence-electron chi connectivity index (χ3n) is 4.74. The van der Waals surface area contributed by atoms with E-state index in [0.717, 1.165) is 18.2 Å². The normalized spacial score (nSPS) is 17.5. The number of nitrogens with zero attached hydrogens (tertiary/aromatic N) is 1. The molecule has 1 aromatic heterocycles. The van der Waals surface area contributed by atoms with Gasteiger partial charge in [0.1, 0.15) is 11.9 Å². The van der Waals surface area contributed by atoms with Crippen LogP contribution >= 0.6 is 0 Å². The highest BCUT2D eigenvalue weighted by molar-refractivity contribution is 5.83. The Bertz CT molecular complexity index is 860. The maximum Gasteiger partial charge on any atom is 0.253 e. The zero-order valence-electron chi connectivity index (χ0n) is 15.8. The number of rotatable bonds is 4. The average molecular weight is 358 g/mol. The summed E-state index contributed by atoms with van der Waals surface area (Å²) in [7, 11) is 1.59. The Morgan fingerprint density at radius 3 is 2.73 bits per heavy atom. The van der Waals surface area contributed by atoms with E-state index >= 15 is 0 Å². The second-order valence-corrected chi connectivity index (χ2v) is 7.67. The van der Waals surface area contributed by atoms with Crippen LogP contribution < -0.4 is 10.3 Å². The molecular formula is C20H26N2O4. The third-order valence-corrected chi connectivity index (χ3v) is 4.74. The van der Waals surface area contributed by atoms with E-state index in [1.54, 1.807) is 18.1 Å². The lowest BCUT2D eigenvalue weighted by atomic mass is 10.0. The minimum atomic E-state index is -0.412. The highest BCUT2D eigenvalue weighted by atomic mass is 16.5. The van der Waals surface area contributed by atoms with Crippen LogP contribution in [0.4, 0.5) is 0 Å². The number of hydrogen-bond acceptors (Lipinski definition) is 4. The Hall–Kier alpha value is -2.34. The van der Waals surface area contributed by atoms with Crippen LogP contribution in [-0.4, -0.2) is 41.2 Å². The average Bonchev–Trinajstić information content (AvgIpc) is 3.12. The number of hydrogen-bond donors (Lipinski definition) is 1. The lowest BCUT2D eigenvalue weighted by Crippen LogP contribution is -2.49. The summed E-state index contributed by atoms with van der Waals surface area (Å²) < 4.78 is 10.8. The first-order valence-corrected chi connectivity index (χ1v) is 8.92. The van der Waals surface area contributed by atoms with Crippen LogP contribution in [0.15, 0.2) is 29.1 Å². The number of amides is 1. The molecule has 1 aliphatic rings. The number of aromatic nitrogens is 1. The molecule has 0 aliphatic carbocycles. The number of methoxy groups -OCH3 is 1. The van der Waals surface area contributed by atoms with Crippen molar-refractivity contribution in [3.05, 3.63) is 40.2 Å². The number of benzene rings is 1. The van der Waals surface area contributed by atoms with Gasteiger partial charge in [-0.25, -0.2) is 0 Å². The molecule has 6 heteroatoms. The minimum Gasteiger partial charge on any atom is -0.497 e. The lowest BCUT2D eigenvalue weighted by Gasteiger charge is -2.37. The Morgan fingerprint density at radius 1 is 1.35 bits per heavy atom. The first-order chi connectivity index (χ1) is 12.3. The minimum absolute atomic E-state index is 0.0516. The van der Waals surface area contributed by atoms with Crippen LogP contribution in [0.25, 0.3) is 10.9 Å². The van der Waals surface area contributed by atoms with Gasteiger partial charge < -0.3 is 19.4 Å². The molecule has 1 N–H and O–H groups in total. The number of carbonyl (C=O) groups excluding carboxylic acids is 1. The number of pyridine rings is 1. The zero-order valence-corrected chi connectivity index (χ0v) is 15.8. The number of H-pyrrole nitrogens is 1. The monoisotopic (exact) mass is 358 g/mol. The summed E-state index contributed by atoms with van der Waals surface area (Å²) in [6.45, 7) is 6.78. The van der Waals surface area contributed by atoms with Crippen LogP contribution in [0.2, 0.25) is 0 Å². The van der Waals surface area contributed by atoms with Crippen molar-refractivity contribution in [2.24, 2.45) is 0 Å². The Morgan fingerprint density at radius 2 is 2.12 bits per heavy atom. The molecule has 1 fully saturated rings. The van der Waals surface area contributed by atoms with Crippen molar-refractivity contribution in [1.29, 1.82) is 0 Å². The fraction of sp³-hybridized carbons (Fsp3) is 0.500. The molecule has 26 heavy (non-hydrogen) atoms. The molecule has 0 bridgehead atoms. The largest absolute Gasteiger partial charge is 0.497 e. The SMILES string of the molecule is COc1ccc2cc(CN(C(=O)C3CCCO3)C(C)(C)C)c(=O)[nH]c2c1. The van der Waals surface area contributed by atoms with Crippen molar-refractivity contribution in [2.75, 3.05) is 13.7 Å². The zero-order chi connectivity index (χ0) is 18.9. The molecule has 1 atom stereocenters. The Labute approximate surface area is 153 Å². The second-order valence-electron chi connectivity index (χ2n) is 7.67. The second kappa shape index (κ2) is 7.11. The summed E-state index contributed by atoms with van der Waals surface area (Å²) in [4.78, 5) is 30.1. The van der Waals surface area contributed by atoms with Crippen LogP contribution in [-0.2, 0) is 16.1 Å². The highest BCUT2D eigenvalue weighted by Gasteiger charge is 2.34. The van der Waals surface area contributed by atoms with Gasteiger partial charge in [-0.2, -0.15) is 0 Å². The van der Waals surface area contributed by atoms with E-state index in [2.05, 4.69) is 4.98 Å². The molecule has 6 nitrogen and oxygen atoms in total. The molecule has 0 spiro atoms. The number of nitrogens with one attached hydrogen (secondary N) is 1. The van der Waals surface area contributed by atoms with Gasteiger partial charge in [0.2, 0.25) is 0 Å². The van der Waals surface area contributed by atoms with E-state index in [0.29, 0.717) is 23.4 Å². The summed E-state index contributed by atoms with van der Waals surface area (Å²) >= 11 is 0. The van der Waals surface area contributed by atoms with Gasteiger partial charge in [-0.3, -0.25) is 9.59 Å². The molecule has 1 aromatic carbocycles. The van der Waals surface area contributed by atoms with E-state index in [1.165, 1.54) is 0 Å². The molecule has 1 aliphatic heterocycles. The van der Waals surface area contributed by atoms with E-state index in [4.69, 9.17) is 9.47 Å². The van der Waals surface area contributed by atoms with Crippen LogP contribution in [0.3, 0.4) is 0 Å². The number of fused-ring (bicyclic) bond motifs is 1. The van der Waals surface area contributed by atoms with Crippen molar-refractivity contribution in [1.82, 2.24) is 9.88 Å². The van der Waals surface area contributed by atoms with Gasteiger partial charge in [-0.15, -0.1) is 0 Å². The van der Waals surface area contributed by atoms with E-state index in [9.17, 15) is 9.59 Å². The van der Waals surface area contributed by atoms with Gasteiger partial charge in [-0.05, 0) is 57.2 Å². The van der Waals surface area contributed by atoms with Gasteiger partial charge in [-0.1, -0.05) is 0 Å². The predicted octanol–water partition coefficient (Wildman–Crippen LogP) is 2.84. The topological polar surface area (TPSA) is 71.6 Å². The molecule has 2 heterocycles. The maximum atomic E-state index is 12.9. The van der Waals surface area contributed by atoms with Crippen molar-refractivity contribution < 1.29 is 14.3 Å². The van der Waals surface area contributed by atoms with Crippen LogP contribution in [0.5, 0.6) is 5.75 Å². The van der Waals surface area contributed by atoms with Crippen molar-refractivity contribution >= 4 is 16.8 Å². The fourth-order valence-corrected chi connectivity index (χ4v) is 3.23. The van der Waals surface area contributed by atoms with E-state index in [-0.39, 0.29) is 18.0 Å². The third kappa shape index (κ3) is 3.75. The summed E-state index contributed by atoms with van der Waals surface area (Å²) in [5, 5.41) is 0.902.